The third kappa shape index (κ3) is 3.70. The van der Waals surface area contributed by atoms with Crippen molar-refractivity contribution in [2.45, 2.75) is 40.2 Å². The van der Waals surface area contributed by atoms with Crippen LogP contribution in [0.3, 0.4) is 0 Å². The number of thiophene rings is 1. The average Bonchev–Trinajstić information content (AvgIpc) is 2.88. The van der Waals surface area contributed by atoms with Crippen LogP contribution in [0.1, 0.15) is 30.1 Å². The van der Waals surface area contributed by atoms with E-state index >= 15 is 0 Å². The lowest BCUT2D eigenvalue weighted by atomic mass is 10.2. The Bertz CT molecular complexity index is 551. The summed E-state index contributed by atoms with van der Waals surface area (Å²) < 4.78 is 0. The van der Waals surface area contributed by atoms with Crippen LogP contribution in [-0.2, 0) is 6.42 Å². The highest BCUT2D eigenvalue weighted by atomic mass is 32.1. The third-order valence-corrected chi connectivity index (χ3v) is 3.97. The van der Waals surface area contributed by atoms with E-state index < -0.39 is 0 Å². The maximum Gasteiger partial charge on any atom is 0.134 e. The number of hydrogen-bond donors (Lipinski definition) is 2. The summed E-state index contributed by atoms with van der Waals surface area (Å²) in [6.07, 6.45) is 1.01. The van der Waals surface area contributed by atoms with Gasteiger partial charge >= 0.3 is 0 Å². The van der Waals surface area contributed by atoms with Crippen LogP contribution in [0.15, 0.2) is 17.5 Å². The summed E-state index contributed by atoms with van der Waals surface area (Å²) >= 11 is 1.80. The maximum absolute atomic E-state index is 4.53. The van der Waals surface area contributed by atoms with Gasteiger partial charge in [0.2, 0.25) is 0 Å². The Kier molecular flexibility index (Phi) is 4.95. The lowest BCUT2D eigenvalue weighted by Crippen LogP contribution is -2.20. The van der Waals surface area contributed by atoms with Gasteiger partial charge in [0.05, 0.1) is 0 Å². The molecule has 108 valence electrons. The van der Waals surface area contributed by atoms with E-state index in [-0.39, 0.29) is 0 Å². The molecule has 0 aliphatic heterocycles. The van der Waals surface area contributed by atoms with Crippen molar-refractivity contribution in [3.63, 3.8) is 0 Å². The van der Waals surface area contributed by atoms with Crippen molar-refractivity contribution in [2.75, 3.05) is 17.2 Å². The Morgan fingerprint density at radius 1 is 1.25 bits per heavy atom. The van der Waals surface area contributed by atoms with Gasteiger partial charge in [0.25, 0.3) is 0 Å². The van der Waals surface area contributed by atoms with Crippen LogP contribution in [0, 0.1) is 13.8 Å². The van der Waals surface area contributed by atoms with Crippen LogP contribution in [-0.4, -0.2) is 22.6 Å². The largest absolute Gasteiger partial charge is 0.370 e. The molecule has 5 heteroatoms. The second-order valence-corrected chi connectivity index (χ2v) is 5.98. The zero-order valence-electron chi connectivity index (χ0n) is 12.5. The first kappa shape index (κ1) is 14.8. The fraction of sp³-hybridized carbons (Fsp3) is 0.467. The molecule has 0 fully saturated rings. The number of anilines is 2. The predicted octanol–water partition coefficient (Wildman–Crippen LogP) is 3.63. The molecule has 2 rings (SSSR count). The van der Waals surface area contributed by atoms with Crippen molar-refractivity contribution >= 4 is 23.0 Å². The second kappa shape index (κ2) is 6.70. The molecule has 0 amide bonds. The second-order valence-electron chi connectivity index (χ2n) is 4.95. The first-order chi connectivity index (χ1) is 9.60. The zero-order valence-corrected chi connectivity index (χ0v) is 13.3. The Hall–Kier alpha value is -1.62. The van der Waals surface area contributed by atoms with E-state index in [0.717, 1.165) is 36.0 Å². The molecule has 0 bridgehead atoms. The predicted molar refractivity (Wildman–Crippen MR) is 86.8 cm³/mol. The molecule has 0 radical (unpaired) electrons. The number of hydrogen-bond acceptors (Lipinski definition) is 5. The monoisotopic (exact) mass is 290 g/mol. The molecule has 2 N–H and O–H groups in total. The normalized spacial score (nSPS) is 12.2. The van der Waals surface area contributed by atoms with Gasteiger partial charge in [-0.2, -0.15) is 0 Å². The standard InChI is InChI=1S/C15H22N4S/c1-5-16-14-11(3)15(19-12(4)18-14)17-10(2)9-13-7-6-8-20-13/h6-8,10H,5,9H2,1-4H3,(H2,16,17,18,19). The summed E-state index contributed by atoms with van der Waals surface area (Å²) in [5.74, 6) is 2.64. The van der Waals surface area contributed by atoms with E-state index in [4.69, 9.17) is 0 Å². The zero-order chi connectivity index (χ0) is 14.5. The van der Waals surface area contributed by atoms with Crippen LogP contribution in [0.25, 0.3) is 0 Å². The number of aromatic nitrogens is 2. The molecule has 0 aliphatic carbocycles. The van der Waals surface area contributed by atoms with E-state index in [2.05, 4.69) is 58.9 Å². The van der Waals surface area contributed by atoms with E-state index in [1.165, 1.54) is 4.88 Å². The molecule has 2 aromatic rings. The lowest BCUT2D eigenvalue weighted by molar-refractivity contribution is 0.789. The lowest BCUT2D eigenvalue weighted by Gasteiger charge is -2.18. The Balaban J connectivity index is 2.11. The average molecular weight is 290 g/mol. The molecule has 2 heterocycles. The molecule has 1 unspecified atom stereocenters. The van der Waals surface area contributed by atoms with Gasteiger partial charge in [-0.15, -0.1) is 11.3 Å². The first-order valence-corrected chi connectivity index (χ1v) is 7.86. The molecule has 2 aromatic heterocycles. The van der Waals surface area contributed by atoms with Crippen LogP contribution in [0.4, 0.5) is 11.6 Å². The summed E-state index contributed by atoms with van der Waals surface area (Å²) in [5.41, 5.74) is 1.08. The highest BCUT2D eigenvalue weighted by molar-refractivity contribution is 7.09. The quantitative estimate of drug-likeness (QED) is 0.853. The number of nitrogens with one attached hydrogen (secondary N) is 2. The summed E-state index contributed by atoms with van der Waals surface area (Å²) in [6.45, 7) is 9.10. The highest BCUT2D eigenvalue weighted by Gasteiger charge is 2.11. The Morgan fingerprint density at radius 3 is 2.65 bits per heavy atom. The molecule has 0 saturated carbocycles. The first-order valence-electron chi connectivity index (χ1n) is 6.98. The molecule has 1 atom stereocenters. The minimum atomic E-state index is 0.344. The number of aryl methyl sites for hydroxylation is 1. The summed E-state index contributed by atoms with van der Waals surface area (Å²) in [5, 5.41) is 8.91. The van der Waals surface area contributed by atoms with Gasteiger partial charge in [0, 0.05) is 29.4 Å². The minimum Gasteiger partial charge on any atom is -0.370 e. The number of rotatable bonds is 6. The minimum absolute atomic E-state index is 0.344. The Morgan fingerprint density at radius 2 is 2.00 bits per heavy atom. The van der Waals surface area contributed by atoms with E-state index in [1.807, 2.05) is 6.92 Å². The van der Waals surface area contributed by atoms with Crippen LogP contribution < -0.4 is 10.6 Å². The molecule has 0 aliphatic rings. The van der Waals surface area contributed by atoms with Crippen molar-refractivity contribution in [3.8, 4) is 0 Å². The van der Waals surface area contributed by atoms with E-state index in [0.29, 0.717) is 6.04 Å². The molecular weight excluding hydrogens is 268 g/mol. The molecule has 0 spiro atoms. The maximum atomic E-state index is 4.53. The van der Waals surface area contributed by atoms with Crippen LogP contribution in [0.5, 0.6) is 0 Å². The van der Waals surface area contributed by atoms with Gasteiger partial charge < -0.3 is 10.6 Å². The highest BCUT2D eigenvalue weighted by Crippen LogP contribution is 2.21. The molecule has 4 nitrogen and oxygen atoms in total. The molecule has 20 heavy (non-hydrogen) atoms. The number of nitrogens with zero attached hydrogens (tertiary/aromatic N) is 2. The van der Waals surface area contributed by atoms with Crippen molar-refractivity contribution in [3.05, 3.63) is 33.8 Å². The van der Waals surface area contributed by atoms with Gasteiger partial charge in [-0.3, -0.25) is 0 Å². The fourth-order valence-electron chi connectivity index (χ4n) is 2.12. The summed E-state index contributed by atoms with van der Waals surface area (Å²) in [7, 11) is 0. The topological polar surface area (TPSA) is 49.8 Å². The summed E-state index contributed by atoms with van der Waals surface area (Å²) in [4.78, 5) is 10.4. The van der Waals surface area contributed by atoms with Crippen molar-refractivity contribution < 1.29 is 0 Å². The SMILES string of the molecule is CCNc1nc(C)nc(NC(C)Cc2cccs2)c1C. The van der Waals surface area contributed by atoms with Gasteiger partial charge in [-0.25, -0.2) is 9.97 Å². The summed E-state index contributed by atoms with van der Waals surface area (Å²) in [6, 6.07) is 4.61. The van der Waals surface area contributed by atoms with E-state index in [1.54, 1.807) is 11.3 Å². The van der Waals surface area contributed by atoms with Crippen molar-refractivity contribution in [2.24, 2.45) is 0 Å². The third-order valence-electron chi connectivity index (χ3n) is 3.07. The fourth-order valence-corrected chi connectivity index (χ4v) is 2.96. The van der Waals surface area contributed by atoms with Crippen LogP contribution in [0.2, 0.25) is 0 Å². The van der Waals surface area contributed by atoms with Crippen molar-refractivity contribution in [1.29, 1.82) is 0 Å². The molecular formula is C15H22N4S. The molecule has 0 aromatic carbocycles. The van der Waals surface area contributed by atoms with Crippen molar-refractivity contribution in [1.82, 2.24) is 9.97 Å². The van der Waals surface area contributed by atoms with E-state index in [9.17, 15) is 0 Å². The Labute approximate surface area is 124 Å². The van der Waals surface area contributed by atoms with Gasteiger partial charge in [0.1, 0.15) is 17.5 Å². The smallest absolute Gasteiger partial charge is 0.134 e. The van der Waals surface area contributed by atoms with Gasteiger partial charge in [0.15, 0.2) is 0 Å². The van der Waals surface area contributed by atoms with Crippen LogP contribution >= 0.6 is 11.3 Å². The van der Waals surface area contributed by atoms with Gasteiger partial charge in [-0.05, 0) is 39.1 Å². The molecule has 0 saturated heterocycles. The van der Waals surface area contributed by atoms with Gasteiger partial charge in [-0.1, -0.05) is 6.07 Å².